The summed E-state index contributed by atoms with van der Waals surface area (Å²) in [6.45, 7) is 1.34. The number of hydrogen-bond acceptors (Lipinski definition) is 3. The Morgan fingerprint density at radius 2 is 1.94 bits per heavy atom. The highest BCUT2D eigenvalue weighted by molar-refractivity contribution is 14.0. The van der Waals surface area contributed by atoms with Gasteiger partial charge < -0.3 is 20.4 Å². The van der Waals surface area contributed by atoms with E-state index in [-0.39, 0.29) is 36.3 Å². The Morgan fingerprint density at radius 1 is 1.16 bits per heavy atom. The lowest BCUT2D eigenvalue weighted by atomic mass is 10.1. The predicted octanol–water partition coefficient (Wildman–Crippen LogP) is 4.34. The van der Waals surface area contributed by atoms with Gasteiger partial charge >= 0.3 is 6.18 Å². The predicted molar refractivity (Wildman–Crippen MR) is 126 cm³/mol. The second-order valence-electron chi connectivity index (χ2n) is 6.82. The number of aryl methyl sites for hydroxylation is 1. The average molecular weight is 547 g/mol. The van der Waals surface area contributed by atoms with E-state index in [0.29, 0.717) is 24.5 Å². The first-order valence-electron chi connectivity index (χ1n) is 9.51. The quantitative estimate of drug-likeness (QED) is 0.234. The van der Waals surface area contributed by atoms with Crippen molar-refractivity contribution in [1.29, 1.82) is 0 Å². The van der Waals surface area contributed by atoms with Crippen molar-refractivity contribution in [3.8, 4) is 5.75 Å². The van der Waals surface area contributed by atoms with Crippen molar-refractivity contribution in [3.63, 3.8) is 0 Å². The number of nitrogens with zero attached hydrogens (tertiary/aromatic N) is 2. The number of rotatable bonds is 7. The van der Waals surface area contributed by atoms with E-state index in [1.807, 2.05) is 30.3 Å². The van der Waals surface area contributed by atoms with Crippen LogP contribution in [0, 0.1) is 6.92 Å². The van der Waals surface area contributed by atoms with Gasteiger partial charge in [0.15, 0.2) is 12.6 Å². The molecule has 0 aliphatic carbocycles. The molecular weight excluding hydrogens is 522 g/mol. The normalized spacial score (nSPS) is 11.8. The summed E-state index contributed by atoms with van der Waals surface area (Å²) < 4.78 is 42.5. The maximum Gasteiger partial charge on any atom is 0.422 e. The van der Waals surface area contributed by atoms with E-state index in [4.69, 9.17) is 4.74 Å². The number of aromatic nitrogens is 2. The standard InChI is InChI=1S/C21H24F3N5O.HI/c1-14-7-8-15(18(11-14)30-13-21(22,23)24)12-27-20(25-2)26-10-9-19-28-16-5-3-4-6-17(16)29-19;/h3-8,11H,9-10,12-13H2,1-2H3,(H,28,29)(H2,25,26,27);1H. The SMILES string of the molecule is CN=C(NCCc1nc2ccccc2[nH]1)NCc1ccc(C)cc1OCC(F)(F)F.I. The molecule has 3 aromatic rings. The Labute approximate surface area is 195 Å². The Morgan fingerprint density at radius 3 is 2.65 bits per heavy atom. The molecule has 31 heavy (non-hydrogen) atoms. The third-order valence-electron chi connectivity index (χ3n) is 4.38. The van der Waals surface area contributed by atoms with Crippen molar-refractivity contribution in [3.05, 3.63) is 59.4 Å². The van der Waals surface area contributed by atoms with Crippen LogP contribution in [0.2, 0.25) is 0 Å². The molecule has 0 amide bonds. The van der Waals surface area contributed by atoms with Crippen molar-refractivity contribution in [2.45, 2.75) is 26.1 Å². The molecule has 0 aliphatic rings. The molecule has 0 fully saturated rings. The molecule has 2 aromatic carbocycles. The maximum atomic E-state index is 12.5. The molecule has 0 bridgehead atoms. The minimum atomic E-state index is -4.39. The molecule has 6 nitrogen and oxygen atoms in total. The van der Waals surface area contributed by atoms with Crippen molar-refractivity contribution < 1.29 is 17.9 Å². The lowest BCUT2D eigenvalue weighted by Crippen LogP contribution is -2.38. The summed E-state index contributed by atoms with van der Waals surface area (Å²) >= 11 is 0. The van der Waals surface area contributed by atoms with Gasteiger partial charge in [-0.25, -0.2) is 4.98 Å². The smallest absolute Gasteiger partial charge is 0.422 e. The second kappa shape index (κ2) is 11.2. The van der Waals surface area contributed by atoms with Gasteiger partial charge in [0, 0.05) is 32.1 Å². The molecule has 10 heteroatoms. The number of imidazole rings is 1. The van der Waals surface area contributed by atoms with E-state index < -0.39 is 12.8 Å². The fraction of sp³-hybridized carbons (Fsp3) is 0.333. The number of H-pyrrole nitrogens is 1. The van der Waals surface area contributed by atoms with Crippen LogP contribution in [0.4, 0.5) is 13.2 Å². The van der Waals surface area contributed by atoms with E-state index in [2.05, 4.69) is 25.6 Å². The molecule has 3 rings (SSSR count). The molecule has 1 heterocycles. The Hall–Kier alpha value is -2.50. The number of aromatic amines is 1. The van der Waals surface area contributed by atoms with Crippen LogP contribution in [0.5, 0.6) is 5.75 Å². The van der Waals surface area contributed by atoms with Gasteiger partial charge in [-0.3, -0.25) is 4.99 Å². The van der Waals surface area contributed by atoms with Crippen LogP contribution < -0.4 is 15.4 Å². The van der Waals surface area contributed by atoms with Gasteiger partial charge in [0.25, 0.3) is 0 Å². The molecule has 0 radical (unpaired) electrons. The van der Waals surface area contributed by atoms with Crippen LogP contribution in [0.3, 0.4) is 0 Å². The van der Waals surface area contributed by atoms with Crippen molar-refractivity contribution in [1.82, 2.24) is 20.6 Å². The number of halogens is 4. The van der Waals surface area contributed by atoms with E-state index in [1.54, 1.807) is 26.1 Å². The largest absolute Gasteiger partial charge is 0.484 e. The fourth-order valence-electron chi connectivity index (χ4n) is 2.92. The number of hydrogen-bond donors (Lipinski definition) is 3. The van der Waals surface area contributed by atoms with Crippen LogP contribution in [0.1, 0.15) is 17.0 Å². The summed E-state index contributed by atoms with van der Waals surface area (Å²) in [5, 5.41) is 6.28. The fourth-order valence-corrected chi connectivity index (χ4v) is 2.92. The first-order valence-corrected chi connectivity index (χ1v) is 9.51. The van der Waals surface area contributed by atoms with Crippen molar-refractivity contribution in [2.24, 2.45) is 4.99 Å². The van der Waals surface area contributed by atoms with Gasteiger partial charge in [-0.2, -0.15) is 13.2 Å². The van der Waals surface area contributed by atoms with Gasteiger partial charge in [0.05, 0.1) is 11.0 Å². The number of para-hydroxylation sites is 2. The molecule has 0 aliphatic heterocycles. The highest BCUT2D eigenvalue weighted by Gasteiger charge is 2.28. The van der Waals surface area contributed by atoms with Crippen LogP contribution in [0.15, 0.2) is 47.5 Å². The summed E-state index contributed by atoms with van der Waals surface area (Å²) in [7, 11) is 1.63. The summed E-state index contributed by atoms with van der Waals surface area (Å²) in [6, 6.07) is 13.0. The number of fused-ring (bicyclic) bond motifs is 1. The zero-order chi connectivity index (χ0) is 21.6. The Bertz CT molecular complexity index is 987. The third kappa shape index (κ3) is 7.60. The van der Waals surface area contributed by atoms with E-state index in [9.17, 15) is 13.2 Å². The first kappa shape index (κ1) is 24.8. The van der Waals surface area contributed by atoms with Crippen molar-refractivity contribution >= 4 is 41.0 Å². The van der Waals surface area contributed by atoms with Crippen LogP contribution in [-0.2, 0) is 13.0 Å². The van der Waals surface area contributed by atoms with Gasteiger partial charge in [-0.1, -0.05) is 24.3 Å². The molecule has 1 aromatic heterocycles. The molecule has 3 N–H and O–H groups in total. The Balaban J connectivity index is 0.00000341. The van der Waals surface area contributed by atoms with Crippen LogP contribution in [-0.4, -0.2) is 42.3 Å². The average Bonchev–Trinajstić information content (AvgIpc) is 3.12. The molecular formula is C21H25F3IN5O. The van der Waals surface area contributed by atoms with E-state index >= 15 is 0 Å². The highest BCUT2D eigenvalue weighted by atomic mass is 127. The third-order valence-corrected chi connectivity index (χ3v) is 4.38. The first-order chi connectivity index (χ1) is 14.3. The monoisotopic (exact) mass is 547 g/mol. The van der Waals surface area contributed by atoms with E-state index in [1.165, 1.54) is 0 Å². The minimum absolute atomic E-state index is 0. The number of alkyl halides is 3. The lowest BCUT2D eigenvalue weighted by Gasteiger charge is -2.16. The number of ether oxygens (including phenoxy) is 1. The van der Waals surface area contributed by atoms with E-state index in [0.717, 1.165) is 22.4 Å². The molecule has 0 saturated carbocycles. The van der Waals surface area contributed by atoms with Gasteiger partial charge in [-0.05, 0) is 30.7 Å². The highest BCUT2D eigenvalue weighted by Crippen LogP contribution is 2.23. The summed E-state index contributed by atoms with van der Waals surface area (Å²) in [6.07, 6.45) is -3.72. The number of guanidine groups is 1. The molecule has 168 valence electrons. The number of aliphatic imine (C=N–C) groups is 1. The molecule has 0 unspecified atom stereocenters. The van der Waals surface area contributed by atoms with Gasteiger partial charge in [-0.15, -0.1) is 24.0 Å². The van der Waals surface area contributed by atoms with Crippen molar-refractivity contribution in [2.75, 3.05) is 20.2 Å². The molecule has 0 saturated heterocycles. The summed E-state index contributed by atoms with van der Waals surface area (Å²) in [5.74, 6) is 1.60. The van der Waals surface area contributed by atoms with Crippen LogP contribution >= 0.6 is 24.0 Å². The summed E-state index contributed by atoms with van der Waals surface area (Å²) in [5.41, 5.74) is 3.34. The lowest BCUT2D eigenvalue weighted by molar-refractivity contribution is -0.153. The Kier molecular flexibility index (Phi) is 8.96. The van der Waals surface area contributed by atoms with Crippen LogP contribution in [0.25, 0.3) is 11.0 Å². The van der Waals surface area contributed by atoms with Gasteiger partial charge in [0.2, 0.25) is 0 Å². The molecule has 0 spiro atoms. The topological polar surface area (TPSA) is 74.3 Å². The van der Waals surface area contributed by atoms with Gasteiger partial charge in [0.1, 0.15) is 11.6 Å². The maximum absolute atomic E-state index is 12.5. The molecule has 0 atom stereocenters. The number of nitrogens with one attached hydrogen (secondary N) is 3. The zero-order valence-corrected chi connectivity index (χ0v) is 19.5. The number of benzene rings is 2. The minimum Gasteiger partial charge on any atom is -0.484 e. The second-order valence-corrected chi connectivity index (χ2v) is 6.82. The summed E-state index contributed by atoms with van der Waals surface area (Å²) in [4.78, 5) is 11.9. The zero-order valence-electron chi connectivity index (χ0n) is 17.2.